The SMILES string of the molecule is N#Cc1cc2c(Nc3ccc(C(=O)Nc4cccc(Nc5ccncc5)c4)cc3)cccc2cn1. The van der Waals surface area contributed by atoms with Gasteiger partial charge in [0.05, 0.1) is 0 Å². The number of nitriles is 1. The van der Waals surface area contributed by atoms with Gasteiger partial charge in [0, 0.05) is 63.4 Å². The maximum Gasteiger partial charge on any atom is 0.255 e. The molecule has 0 bridgehead atoms. The molecule has 1 amide bonds. The normalized spacial score (nSPS) is 10.4. The number of amides is 1. The van der Waals surface area contributed by atoms with Gasteiger partial charge in [0.1, 0.15) is 11.8 Å². The van der Waals surface area contributed by atoms with Crippen molar-refractivity contribution in [3.8, 4) is 6.07 Å². The lowest BCUT2D eigenvalue weighted by Crippen LogP contribution is -2.11. The number of hydrogen-bond acceptors (Lipinski definition) is 6. The van der Waals surface area contributed by atoms with Gasteiger partial charge in [-0.1, -0.05) is 18.2 Å². The molecule has 0 aliphatic carbocycles. The average Bonchev–Trinajstić information content (AvgIpc) is 2.90. The van der Waals surface area contributed by atoms with Crippen LogP contribution in [0.1, 0.15) is 16.1 Å². The smallest absolute Gasteiger partial charge is 0.255 e. The van der Waals surface area contributed by atoms with Crippen molar-refractivity contribution in [3.63, 3.8) is 0 Å². The van der Waals surface area contributed by atoms with Crippen molar-refractivity contribution < 1.29 is 4.79 Å². The van der Waals surface area contributed by atoms with Crippen LogP contribution in [0.4, 0.5) is 28.4 Å². The summed E-state index contributed by atoms with van der Waals surface area (Å²) in [5.74, 6) is -0.201. The number of benzene rings is 3. The fraction of sp³-hybridized carbons (Fsp3) is 0. The summed E-state index contributed by atoms with van der Waals surface area (Å²) in [6.45, 7) is 0. The minimum Gasteiger partial charge on any atom is -0.355 e. The number of anilines is 5. The molecule has 0 saturated carbocycles. The van der Waals surface area contributed by atoms with Crippen molar-refractivity contribution in [1.29, 1.82) is 5.26 Å². The van der Waals surface area contributed by atoms with E-state index >= 15 is 0 Å². The molecule has 5 rings (SSSR count). The second-order valence-electron chi connectivity index (χ2n) is 7.81. The zero-order valence-corrected chi connectivity index (χ0v) is 18.6. The van der Waals surface area contributed by atoms with E-state index in [9.17, 15) is 10.1 Å². The molecular weight excluding hydrogens is 436 g/mol. The quantitative estimate of drug-likeness (QED) is 0.279. The Labute approximate surface area is 202 Å². The first-order valence-electron chi connectivity index (χ1n) is 10.9. The van der Waals surface area contributed by atoms with Crippen molar-refractivity contribution in [2.24, 2.45) is 0 Å². The third kappa shape index (κ3) is 5.07. The lowest BCUT2D eigenvalue weighted by Gasteiger charge is -2.11. The summed E-state index contributed by atoms with van der Waals surface area (Å²) >= 11 is 0. The lowest BCUT2D eigenvalue weighted by atomic mass is 10.1. The van der Waals surface area contributed by atoms with Crippen LogP contribution in [0.2, 0.25) is 0 Å². The zero-order valence-electron chi connectivity index (χ0n) is 18.6. The highest BCUT2D eigenvalue weighted by atomic mass is 16.1. The summed E-state index contributed by atoms with van der Waals surface area (Å²) in [5, 5.41) is 20.6. The molecule has 0 aliphatic rings. The first kappa shape index (κ1) is 21.6. The molecule has 0 unspecified atom stereocenters. The molecule has 0 fully saturated rings. The minimum atomic E-state index is -0.201. The summed E-state index contributed by atoms with van der Waals surface area (Å²) in [5.41, 5.74) is 5.05. The number of rotatable bonds is 6. The molecule has 5 aromatic rings. The molecule has 0 aliphatic heterocycles. The van der Waals surface area contributed by atoms with Gasteiger partial charge in [-0.15, -0.1) is 0 Å². The Morgan fingerprint density at radius 1 is 0.771 bits per heavy atom. The predicted octanol–water partition coefficient (Wildman–Crippen LogP) is 6.24. The van der Waals surface area contributed by atoms with E-state index in [2.05, 4.69) is 32.0 Å². The molecular formula is C28H20N6O. The summed E-state index contributed by atoms with van der Waals surface area (Å²) in [4.78, 5) is 20.9. The third-order valence-electron chi connectivity index (χ3n) is 5.39. The summed E-state index contributed by atoms with van der Waals surface area (Å²) in [6, 6.07) is 28.2. The van der Waals surface area contributed by atoms with Crippen LogP contribution < -0.4 is 16.0 Å². The highest BCUT2D eigenvalue weighted by Crippen LogP contribution is 2.27. The Balaban J connectivity index is 1.28. The van der Waals surface area contributed by atoms with Crippen molar-refractivity contribution in [2.45, 2.75) is 0 Å². The number of carbonyl (C=O) groups is 1. The van der Waals surface area contributed by atoms with Gasteiger partial charge in [0.25, 0.3) is 5.91 Å². The molecule has 7 heteroatoms. The van der Waals surface area contributed by atoms with E-state index in [1.807, 2.05) is 66.7 Å². The molecule has 0 spiro atoms. The van der Waals surface area contributed by atoms with Crippen molar-refractivity contribution in [2.75, 3.05) is 16.0 Å². The summed E-state index contributed by atoms with van der Waals surface area (Å²) in [7, 11) is 0. The number of carbonyl (C=O) groups excluding carboxylic acids is 1. The van der Waals surface area contributed by atoms with Crippen LogP contribution in [0.3, 0.4) is 0 Å². The number of pyridine rings is 2. The predicted molar refractivity (Wildman–Crippen MR) is 138 cm³/mol. The van der Waals surface area contributed by atoms with Gasteiger partial charge in [0.15, 0.2) is 0 Å². The number of fused-ring (bicyclic) bond motifs is 1. The second kappa shape index (κ2) is 9.73. The van der Waals surface area contributed by atoms with E-state index < -0.39 is 0 Å². The van der Waals surface area contributed by atoms with E-state index in [0.717, 1.165) is 33.5 Å². The third-order valence-corrected chi connectivity index (χ3v) is 5.39. The van der Waals surface area contributed by atoms with Gasteiger partial charge >= 0.3 is 0 Å². The van der Waals surface area contributed by atoms with E-state index in [1.165, 1.54) is 0 Å². The summed E-state index contributed by atoms with van der Waals surface area (Å²) < 4.78 is 0. The summed E-state index contributed by atoms with van der Waals surface area (Å²) in [6.07, 6.45) is 5.12. The van der Waals surface area contributed by atoms with Gasteiger partial charge in [-0.2, -0.15) is 5.26 Å². The Morgan fingerprint density at radius 3 is 2.31 bits per heavy atom. The molecule has 7 nitrogen and oxygen atoms in total. The minimum absolute atomic E-state index is 0.201. The maximum atomic E-state index is 12.8. The molecule has 35 heavy (non-hydrogen) atoms. The van der Waals surface area contributed by atoms with Crippen LogP contribution in [0, 0.1) is 11.3 Å². The fourth-order valence-electron chi connectivity index (χ4n) is 3.68. The average molecular weight is 457 g/mol. The second-order valence-corrected chi connectivity index (χ2v) is 7.81. The van der Waals surface area contributed by atoms with Crippen LogP contribution in [0.25, 0.3) is 10.8 Å². The van der Waals surface area contributed by atoms with Gasteiger partial charge in [0.2, 0.25) is 0 Å². The number of hydrogen-bond donors (Lipinski definition) is 3. The van der Waals surface area contributed by atoms with Crippen LogP contribution in [0.5, 0.6) is 0 Å². The molecule has 2 aromatic heterocycles. The number of nitrogens with one attached hydrogen (secondary N) is 3. The molecule has 168 valence electrons. The molecule has 0 atom stereocenters. The largest absolute Gasteiger partial charge is 0.355 e. The topological polar surface area (TPSA) is 103 Å². The molecule has 0 saturated heterocycles. The molecule has 0 radical (unpaired) electrons. The number of nitrogens with zero attached hydrogens (tertiary/aromatic N) is 3. The Bertz CT molecular complexity index is 1540. The highest BCUT2D eigenvalue weighted by molar-refractivity contribution is 6.05. The first-order valence-corrected chi connectivity index (χ1v) is 10.9. The van der Waals surface area contributed by atoms with Gasteiger partial charge in [-0.25, -0.2) is 4.98 Å². The van der Waals surface area contributed by atoms with E-state index in [1.54, 1.807) is 36.8 Å². The maximum absolute atomic E-state index is 12.8. The van der Waals surface area contributed by atoms with Gasteiger partial charge < -0.3 is 16.0 Å². The van der Waals surface area contributed by atoms with Crippen LogP contribution in [-0.2, 0) is 0 Å². The number of aromatic nitrogens is 2. The lowest BCUT2D eigenvalue weighted by molar-refractivity contribution is 0.102. The molecule has 2 heterocycles. The Morgan fingerprint density at radius 2 is 1.51 bits per heavy atom. The standard InChI is InChI=1S/C28H20N6O/c29-17-25-16-26-20(18-31-25)3-1-6-27(26)33-21-9-7-19(8-10-21)28(35)34-24-5-2-4-23(15-24)32-22-11-13-30-14-12-22/h1-16,18,33H,(H,30,32)(H,34,35). The Kier molecular flexibility index (Phi) is 6.01. The van der Waals surface area contributed by atoms with Crippen molar-refractivity contribution >= 4 is 45.1 Å². The van der Waals surface area contributed by atoms with E-state index in [4.69, 9.17) is 0 Å². The van der Waals surface area contributed by atoms with Crippen LogP contribution >= 0.6 is 0 Å². The first-order chi connectivity index (χ1) is 17.2. The van der Waals surface area contributed by atoms with Crippen molar-refractivity contribution in [1.82, 2.24) is 9.97 Å². The van der Waals surface area contributed by atoms with Gasteiger partial charge in [-0.3, -0.25) is 9.78 Å². The fourth-order valence-corrected chi connectivity index (χ4v) is 3.68. The highest BCUT2D eigenvalue weighted by Gasteiger charge is 2.08. The molecule has 3 N–H and O–H groups in total. The van der Waals surface area contributed by atoms with Crippen molar-refractivity contribution in [3.05, 3.63) is 115 Å². The zero-order chi connectivity index (χ0) is 24.0. The molecule has 3 aromatic carbocycles. The Hall–Kier alpha value is -5.22. The van der Waals surface area contributed by atoms with Crippen LogP contribution in [-0.4, -0.2) is 15.9 Å². The van der Waals surface area contributed by atoms with E-state index in [0.29, 0.717) is 16.9 Å². The van der Waals surface area contributed by atoms with E-state index in [-0.39, 0.29) is 5.91 Å². The monoisotopic (exact) mass is 456 g/mol. The van der Waals surface area contributed by atoms with Crippen LogP contribution in [0.15, 0.2) is 104 Å². The van der Waals surface area contributed by atoms with Gasteiger partial charge in [-0.05, 0) is 66.7 Å².